The van der Waals surface area contributed by atoms with E-state index >= 15 is 0 Å². The van der Waals surface area contributed by atoms with Crippen LogP contribution in [0.2, 0.25) is 0 Å². The van der Waals surface area contributed by atoms with Gasteiger partial charge in [-0.05, 0) is 41.8 Å². The van der Waals surface area contributed by atoms with E-state index in [0.29, 0.717) is 24.3 Å². The first-order valence-electron chi connectivity index (χ1n) is 11.3. The number of nitrogens with one attached hydrogen (secondary N) is 3. The normalized spacial score (nSPS) is 18.6. The Morgan fingerprint density at radius 2 is 2.03 bits per heavy atom. The van der Waals surface area contributed by atoms with Crippen LogP contribution >= 0.6 is 11.8 Å². The Hall–Kier alpha value is -3.46. The maximum absolute atomic E-state index is 12.8. The van der Waals surface area contributed by atoms with E-state index in [1.165, 1.54) is 0 Å². The van der Waals surface area contributed by atoms with Gasteiger partial charge in [-0.15, -0.1) is 11.8 Å². The second kappa shape index (κ2) is 9.42. The van der Waals surface area contributed by atoms with Crippen LogP contribution in [-0.2, 0) is 16.0 Å². The van der Waals surface area contributed by atoms with Crippen LogP contribution < -0.4 is 15.4 Å². The lowest BCUT2D eigenvalue weighted by Crippen LogP contribution is -2.46. The van der Waals surface area contributed by atoms with Crippen LogP contribution in [0.5, 0.6) is 5.75 Å². The molecule has 9 heteroatoms. The lowest BCUT2D eigenvalue weighted by atomic mass is 10.1. The number of H-pyrrole nitrogens is 1. The molecule has 3 N–H and O–H groups in total. The van der Waals surface area contributed by atoms with Crippen LogP contribution in [-0.4, -0.2) is 59.6 Å². The number of nitrogens with zero attached hydrogens (tertiary/aromatic N) is 1. The zero-order valence-corrected chi connectivity index (χ0v) is 19.6. The van der Waals surface area contributed by atoms with Crippen molar-refractivity contribution in [2.24, 2.45) is 0 Å². The van der Waals surface area contributed by atoms with Crippen LogP contribution in [0, 0.1) is 0 Å². The third-order valence-corrected chi connectivity index (χ3v) is 7.64. The summed E-state index contributed by atoms with van der Waals surface area (Å²) in [5.41, 5.74) is 3.77. The fourth-order valence-corrected chi connectivity index (χ4v) is 6.04. The largest absolute Gasteiger partial charge is 0.497 e. The maximum atomic E-state index is 12.8. The van der Waals surface area contributed by atoms with E-state index in [4.69, 9.17) is 4.74 Å². The summed E-state index contributed by atoms with van der Waals surface area (Å²) in [5, 5.41) is 6.71. The highest BCUT2D eigenvalue weighted by Gasteiger charge is 2.48. The molecule has 3 aromatic rings. The molecule has 0 unspecified atom stereocenters. The average Bonchev–Trinajstić information content (AvgIpc) is 3.54. The highest BCUT2D eigenvalue weighted by molar-refractivity contribution is 7.99. The number of carbonyl (C=O) groups is 3. The number of rotatable bonds is 8. The van der Waals surface area contributed by atoms with Gasteiger partial charge in [-0.3, -0.25) is 14.4 Å². The number of thioether (sulfide) groups is 1. The minimum atomic E-state index is -0.517. The van der Waals surface area contributed by atoms with Crippen molar-refractivity contribution in [2.75, 3.05) is 26.0 Å². The van der Waals surface area contributed by atoms with Crippen molar-refractivity contribution in [3.8, 4) is 5.75 Å². The van der Waals surface area contributed by atoms with Crippen molar-refractivity contribution in [3.63, 3.8) is 0 Å². The van der Waals surface area contributed by atoms with E-state index in [1.54, 1.807) is 23.8 Å². The molecule has 2 aromatic carbocycles. The zero-order chi connectivity index (χ0) is 23.7. The molecule has 176 valence electrons. The number of hydrogen-bond donors (Lipinski definition) is 3. The number of carbonyl (C=O) groups excluding carboxylic acids is 3. The summed E-state index contributed by atoms with van der Waals surface area (Å²) in [6.07, 6.45) is 2.82. The molecule has 0 saturated carbocycles. The summed E-state index contributed by atoms with van der Waals surface area (Å²) < 4.78 is 5.29. The zero-order valence-electron chi connectivity index (χ0n) is 18.8. The highest BCUT2D eigenvalue weighted by atomic mass is 32.2. The van der Waals surface area contributed by atoms with Gasteiger partial charge in [0.15, 0.2) is 0 Å². The standard InChI is InChI=1S/C25H26N4O4S/c1-33-16-6-7-20-19(12-16)15(13-28-20)8-10-26-22(30)9-11-27-23(31)21-14-34-25-18-5-3-2-4-17(18)24(32)29(21)25/h2-7,12-13,21,25,28H,8-11,14H2,1H3,(H,26,30)(H,27,31)/t21-,25-/m0/s1. The molecule has 0 aliphatic carbocycles. The quantitative estimate of drug-likeness (QED) is 0.462. The molecule has 2 atom stereocenters. The van der Waals surface area contributed by atoms with Gasteiger partial charge in [0, 0.05) is 47.9 Å². The third-order valence-electron chi connectivity index (χ3n) is 6.34. The molecule has 5 rings (SSSR count). The smallest absolute Gasteiger partial charge is 0.256 e. The summed E-state index contributed by atoms with van der Waals surface area (Å²) in [5.74, 6) is 0.911. The van der Waals surface area contributed by atoms with Gasteiger partial charge in [-0.2, -0.15) is 0 Å². The fourth-order valence-electron chi connectivity index (χ4n) is 4.58. The Kier molecular flexibility index (Phi) is 6.19. The van der Waals surface area contributed by atoms with E-state index in [0.717, 1.165) is 27.8 Å². The maximum Gasteiger partial charge on any atom is 0.256 e. The third kappa shape index (κ3) is 4.11. The molecule has 3 heterocycles. The number of aromatic nitrogens is 1. The number of ether oxygens (including phenoxy) is 1. The first-order valence-corrected chi connectivity index (χ1v) is 12.3. The number of hydrogen-bond acceptors (Lipinski definition) is 5. The summed E-state index contributed by atoms with van der Waals surface area (Å²) >= 11 is 1.60. The number of amides is 3. The van der Waals surface area contributed by atoms with Crippen molar-refractivity contribution >= 4 is 40.4 Å². The van der Waals surface area contributed by atoms with Gasteiger partial charge < -0.3 is 25.3 Å². The van der Waals surface area contributed by atoms with Gasteiger partial charge in [0.05, 0.1) is 7.11 Å². The first-order chi connectivity index (χ1) is 16.6. The van der Waals surface area contributed by atoms with E-state index in [9.17, 15) is 14.4 Å². The monoisotopic (exact) mass is 478 g/mol. The lowest BCUT2D eigenvalue weighted by molar-refractivity contribution is -0.125. The fraction of sp³-hybridized carbons (Fsp3) is 0.320. The molecule has 0 bridgehead atoms. The molecular formula is C25H26N4O4S. The number of aromatic amines is 1. The molecule has 1 saturated heterocycles. The van der Waals surface area contributed by atoms with E-state index in [1.807, 2.05) is 48.7 Å². The first kappa shape index (κ1) is 22.3. The molecule has 2 aliphatic heterocycles. The van der Waals surface area contributed by atoms with Crippen molar-refractivity contribution in [1.82, 2.24) is 20.5 Å². The summed E-state index contributed by atoms with van der Waals surface area (Å²) in [6, 6.07) is 12.8. The van der Waals surface area contributed by atoms with Crippen molar-refractivity contribution in [2.45, 2.75) is 24.3 Å². The van der Waals surface area contributed by atoms with Crippen LogP contribution in [0.4, 0.5) is 0 Å². The molecule has 8 nitrogen and oxygen atoms in total. The van der Waals surface area contributed by atoms with Crippen molar-refractivity contribution in [1.29, 1.82) is 0 Å². The molecule has 1 fully saturated rings. The van der Waals surface area contributed by atoms with Crippen LogP contribution in [0.1, 0.15) is 33.3 Å². The number of fused-ring (bicyclic) bond motifs is 4. The summed E-state index contributed by atoms with van der Waals surface area (Å²) in [6.45, 7) is 0.730. The molecule has 0 spiro atoms. The molecule has 34 heavy (non-hydrogen) atoms. The van der Waals surface area contributed by atoms with Crippen molar-refractivity contribution in [3.05, 3.63) is 65.4 Å². The molecule has 1 aromatic heterocycles. The average molecular weight is 479 g/mol. The van der Waals surface area contributed by atoms with Gasteiger partial charge in [0.1, 0.15) is 17.2 Å². The van der Waals surface area contributed by atoms with E-state index < -0.39 is 6.04 Å². The van der Waals surface area contributed by atoms with Gasteiger partial charge in [-0.25, -0.2) is 0 Å². The SMILES string of the molecule is COc1ccc2[nH]cc(CCNC(=O)CCNC(=O)[C@@H]3CS[C@H]4c5ccccc5C(=O)N34)c2c1. The summed E-state index contributed by atoms with van der Waals surface area (Å²) in [4.78, 5) is 42.7. The van der Waals surface area contributed by atoms with Crippen molar-refractivity contribution < 1.29 is 19.1 Å². The predicted molar refractivity (Wildman–Crippen MR) is 131 cm³/mol. The topological polar surface area (TPSA) is 104 Å². The molecule has 2 aliphatic rings. The Labute approximate surface area is 201 Å². The Balaban J connectivity index is 1.07. The van der Waals surface area contributed by atoms with Gasteiger partial charge in [-0.1, -0.05) is 18.2 Å². The Morgan fingerprint density at radius 3 is 2.88 bits per heavy atom. The second-order valence-corrected chi connectivity index (χ2v) is 9.48. The van der Waals surface area contributed by atoms with Gasteiger partial charge in [0.2, 0.25) is 11.8 Å². The number of benzene rings is 2. The highest BCUT2D eigenvalue weighted by Crippen LogP contribution is 2.48. The van der Waals surface area contributed by atoms with Crippen LogP contribution in [0.3, 0.4) is 0 Å². The number of methoxy groups -OCH3 is 1. The van der Waals surface area contributed by atoms with Crippen LogP contribution in [0.15, 0.2) is 48.7 Å². The van der Waals surface area contributed by atoms with Gasteiger partial charge in [0.25, 0.3) is 5.91 Å². The van der Waals surface area contributed by atoms with Gasteiger partial charge >= 0.3 is 0 Å². The second-order valence-electron chi connectivity index (χ2n) is 8.37. The minimum absolute atomic E-state index is 0.0987. The van der Waals surface area contributed by atoms with E-state index in [2.05, 4.69) is 15.6 Å². The van der Waals surface area contributed by atoms with E-state index in [-0.39, 0.29) is 36.1 Å². The lowest BCUT2D eigenvalue weighted by Gasteiger charge is -2.22. The minimum Gasteiger partial charge on any atom is -0.497 e. The summed E-state index contributed by atoms with van der Waals surface area (Å²) in [7, 11) is 1.64. The van der Waals surface area contributed by atoms with Crippen LogP contribution in [0.25, 0.3) is 10.9 Å². The Morgan fingerprint density at radius 1 is 1.18 bits per heavy atom. The molecular weight excluding hydrogens is 452 g/mol. The molecule has 0 radical (unpaired) electrons. The predicted octanol–water partition coefficient (Wildman–Crippen LogP) is 2.61. The Bertz CT molecular complexity index is 1260. The molecule has 3 amide bonds.